The molecule has 0 atom stereocenters. The predicted octanol–water partition coefficient (Wildman–Crippen LogP) is 4.13. The monoisotopic (exact) mass is 423 g/mol. The highest BCUT2D eigenvalue weighted by atomic mass is 35.5. The molecule has 10 heteroatoms. The predicted molar refractivity (Wildman–Crippen MR) is 101 cm³/mol. The molecule has 0 N–H and O–H groups in total. The molecule has 0 radical (unpaired) electrons. The molecule has 2 aromatic heterocycles. The van der Waals surface area contributed by atoms with Gasteiger partial charge in [-0.05, 0) is 18.2 Å². The number of hydrogen-bond donors (Lipinski definition) is 0. The van der Waals surface area contributed by atoms with Gasteiger partial charge < -0.3 is 9.42 Å². The molecule has 0 bridgehead atoms. The summed E-state index contributed by atoms with van der Waals surface area (Å²) in [4.78, 5) is 12.6. The van der Waals surface area contributed by atoms with Crippen LogP contribution in [-0.2, 0) is 12.7 Å². The Morgan fingerprint density at radius 1 is 1.10 bits per heavy atom. The topological polar surface area (TPSA) is 58.3 Å². The van der Waals surface area contributed by atoms with Gasteiger partial charge >= 0.3 is 6.18 Å². The zero-order valence-electron chi connectivity index (χ0n) is 15.2. The highest BCUT2D eigenvalue weighted by molar-refractivity contribution is 6.33. The Morgan fingerprint density at radius 2 is 1.90 bits per heavy atom. The second-order valence-electron chi connectivity index (χ2n) is 6.68. The van der Waals surface area contributed by atoms with Crippen LogP contribution in [0.1, 0.15) is 11.5 Å². The summed E-state index contributed by atoms with van der Waals surface area (Å²) in [6, 6.07) is 6.78. The molecule has 0 unspecified atom stereocenters. The van der Waals surface area contributed by atoms with E-state index >= 15 is 0 Å². The van der Waals surface area contributed by atoms with Crippen molar-refractivity contribution in [3.8, 4) is 11.4 Å². The third-order valence-electron chi connectivity index (χ3n) is 4.74. The molecular weight excluding hydrogens is 407 g/mol. The SMILES string of the molecule is FC(F)(F)c1cccc(-c2noc(CN3CCN(c4ccncc4Cl)CC3)n2)c1. The molecule has 1 aliphatic heterocycles. The normalized spacial score (nSPS) is 15.7. The quantitative estimate of drug-likeness (QED) is 0.629. The molecule has 1 aliphatic rings. The van der Waals surface area contributed by atoms with E-state index in [9.17, 15) is 13.2 Å². The Kier molecular flexibility index (Phi) is 5.42. The van der Waals surface area contributed by atoms with Crippen LogP contribution in [0.25, 0.3) is 11.4 Å². The molecule has 3 heterocycles. The minimum Gasteiger partial charge on any atom is -0.368 e. The zero-order valence-corrected chi connectivity index (χ0v) is 16.0. The van der Waals surface area contributed by atoms with Gasteiger partial charge in [-0.1, -0.05) is 28.9 Å². The molecule has 152 valence electrons. The van der Waals surface area contributed by atoms with Gasteiger partial charge in [0.05, 0.1) is 22.8 Å². The lowest BCUT2D eigenvalue weighted by molar-refractivity contribution is -0.137. The maximum atomic E-state index is 12.9. The molecule has 0 spiro atoms. The number of benzene rings is 1. The number of hydrogen-bond acceptors (Lipinski definition) is 6. The van der Waals surface area contributed by atoms with Gasteiger partial charge in [0.2, 0.25) is 11.7 Å². The first kappa shape index (κ1) is 19.7. The molecule has 1 saturated heterocycles. The number of nitrogens with zero attached hydrogens (tertiary/aromatic N) is 5. The lowest BCUT2D eigenvalue weighted by atomic mass is 10.1. The summed E-state index contributed by atoms with van der Waals surface area (Å²) < 4.78 is 43.9. The van der Waals surface area contributed by atoms with E-state index in [-0.39, 0.29) is 11.4 Å². The molecule has 29 heavy (non-hydrogen) atoms. The second kappa shape index (κ2) is 8.00. The van der Waals surface area contributed by atoms with Crippen LogP contribution >= 0.6 is 11.6 Å². The van der Waals surface area contributed by atoms with Crippen LogP contribution in [0.4, 0.5) is 18.9 Å². The summed E-state index contributed by atoms with van der Waals surface area (Å²) in [5, 5.41) is 4.45. The molecule has 3 aromatic rings. The Hall–Kier alpha value is -2.65. The Morgan fingerprint density at radius 3 is 2.62 bits per heavy atom. The van der Waals surface area contributed by atoms with Crippen molar-refractivity contribution in [2.24, 2.45) is 0 Å². The van der Waals surface area contributed by atoms with Gasteiger partial charge in [0.25, 0.3) is 0 Å². The first-order valence-electron chi connectivity index (χ1n) is 8.97. The van der Waals surface area contributed by atoms with E-state index in [1.807, 2.05) is 6.07 Å². The van der Waals surface area contributed by atoms with Gasteiger partial charge in [0.15, 0.2) is 0 Å². The van der Waals surface area contributed by atoms with Crippen molar-refractivity contribution in [1.82, 2.24) is 20.0 Å². The first-order valence-corrected chi connectivity index (χ1v) is 9.35. The maximum Gasteiger partial charge on any atom is 0.416 e. The van der Waals surface area contributed by atoms with E-state index in [2.05, 4.69) is 24.9 Å². The molecule has 0 aliphatic carbocycles. The number of piperazine rings is 1. The van der Waals surface area contributed by atoms with Gasteiger partial charge in [-0.15, -0.1) is 0 Å². The fourth-order valence-electron chi connectivity index (χ4n) is 3.23. The van der Waals surface area contributed by atoms with Gasteiger partial charge in [0.1, 0.15) is 0 Å². The van der Waals surface area contributed by atoms with Crippen LogP contribution in [-0.4, -0.2) is 46.2 Å². The average Bonchev–Trinajstić information content (AvgIpc) is 3.17. The van der Waals surface area contributed by atoms with Crippen LogP contribution < -0.4 is 4.90 Å². The summed E-state index contributed by atoms with van der Waals surface area (Å²) in [5.74, 6) is 0.515. The zero-order chi connectivity index (χ0) is 20.4. The van der Waals surface area contributed by atoms with E-state index in [1.165, 1.54) is 12.1 Å². The standard InChI is InChI=1S/C19H17ClF3N5O/c20-15-11-24-5-4-16(15)28-8-6-27(7-9-28)12-17-25-18(26-29-17)13-2-1-3-14(10-13)19(21,22)23/h1-5,10-11H,6-9,12H2. The number of aromatic nitrogens is 3. The molecule has 0 saturated carbocycles. The van der Waals surface area contributed by atoms with E-state index in [1.54, 1.807) is 12.4 Å². The van der Waals surface area contributed by atoms with Crippen molar-refractivity contribution in [2.75, 3.05) is 31.1 Å². The number of anilines is 1. The molecule has 4 rings (SSSR count). The third kappa shape index (κ3) is 4.51. The minimum atomic E-state index is -4.42. The highest BCUT2D eigenvalue weighted by Gasteiger charge is 2.31. The van der Waals surface area contributed by atoms with Crippen LogP contribution in [0.5, 0.6) is 0 Å². The maximum absolute atomic E-state index is 12.9. The summed E-state index contributed by atoms with van der Waals surface area (Å²) in [6.45, 7) is 3.51. The molecule has 0 amide bonds. The number of pyridine rings is 1. The number of rotatable bonds is 4. The van der Waals surface area contributed by atoms with Crippen LogP contribution in [0.3, 0.4) is 0 Å². The fourth-order valence-corrected chi connectivity index (χ4v) is 3.47. The van der Waals surface area contributed by atoms with E-state index in [0.29, 0.717) is 17.5 Å². The van der Waals surface area contributed by atoms with Crippen LogP contribution in [0.2, 0.25) is 5.02 Å². The van der Waals surface area contributed by atoms with Crippen molar-refractivity contribution in [3.63, 3.8) is 0 Å². The van der Waals surface area contributed by atoms with Crippen molar-refractivity contribution < 1.29 is 17.7 Å². The van der Waals surface area contributed by atoms with Crippen molar-refractivity contribution in [3.05, 3.63) is 59.2 Å². The third-order valence-corrected chi connectivity index (χ3v) is 5.03. The summed E-state index contributed by atoms with van der Waals surface area (Å²) in [6.07, 6.45) is -1.09. The summed E-state index contributed by atoms with van der Waals surface area (Å²) in [7, 11) is 0. The summed E-state index contributed by atoms with van der Waals surface area (Å²) >= 11 is 6.20. The van der Waals surface area contributed by atoms with Crippen LogP contribution in [0, 0.1) is 0 Å². The Labute approximate surface area is 169 Å². The molecule has 1 aromatic carbocycles. The van der Waals surface area contributed by atoms with Crippen LogP contribution in [0.15, 0.2) is 47.2 Å². The van der Waals surface area contributed by atoms with Gasteiger partial charge in [-0.2, -0.15) is 18.2 Å². The van der Waals surface area contributed by atoms with Gasteiger partial charge in [-0.25, -0.2) is 0 Å². The van der Waals surface area contributed by atoms with E-state index in [4.69, 9.17) is 16.1 Å². The van der Waals surface area contributed by atoms with E-state index < -0.39 is 11.7 Å². The highest BCUT2D eigenvalue weighted by Crippen LogP contribution is 2.31. The number of alkyl halides is 3. The van der Waals surface area contributed by atoms with E-state index in [0.717, 1.165) is 44.0 Å². The Bertz CT molecular complexity index is 986. The fraction of sp³-hybridized carbons (Fsp3) is 0.316. The van der Waals surface area contributed by atoms with Crippen molar-refractivity contribution in [1.29, 1.82) is 0 Å². The molecular formula is C19H17ClF3N5O. The largest absolute Gasteiger partial charge is 0.416 e. The van der Waals surface area contributed by atoms with Gasteiger partial charge in [0, 0.05) is 44.1 Å². The second-order valence-corrected chi connectivity index (χ2v) is 7.09. The average molecular weight is 424 g/mol. The minimum absolute atomic E-state index is 0.147. The lowest BCUT2D eigenvalue weighted by Gasteiger charge is -2.35. The number of halogens is 4. The van der Waals surface area contributed by atoms with Crippen molar-refractivity contribution >= 4 is 17.3 Å². The van der Waals surface area contributed by atoms with Crippen molar-refractivity contribution in [2.45, 2.75) is 12.7 Å². The molecule has 6 nitrogen and oxygen atoms in total. The van der Waals surface area contributed by atoms with Gasteiger partial charge in [-0.3, -0.25) is 9.88 Å². The lowest BCUT2D eigenvalue weighted by Crippen LogP contribution is -2.46. The Balaban J connectivity index is 1.39. The molecule has 1 fully saturated rings. The smallest absolute Gasteiger partial charge is 0.368 e. The summed E-state index contributed by atoms with van der Waals surface area (Å²) in [5.41, 5.74) is 0.477. The first-order chi connectivity index (χ1) is 13.9.